The van der Waals surface area contributed by atoms with E-state index in [1.165, 1.54) is 0 Å². The number of hydrogen-bond acceptors (Lipinski definition) is 4. The highest BCUT2D eigenvalue weighted by molar-refractivity contribution is 5.48. The summed E-state index contributed by atoms with van der Waals surface area (Å²) in [4.78, 5) is 0. The minimum atomic E-state index is -0.0225. The molecule has 0 fully saturated rings. The largest absolute Gasteiger partial charge is 0.508 e. The van der Waals surface area contributed by atoms with Gasteiger partial charge in [0.15, 0.2) is 0 Å². The molecule has 0 heterocycles. The van der Waals surface area contributed by atoms with E-state index in [4.69, 9.17) is 10.8 Å². The zero-order chi connectivity index (χ0) is 10.6. The highest BCUT2D eigenvalue weighted by Gasteiger charge is 2.09. The van der Waals surface area contributed by atoms with Gasteiger partial charge in [-0.05, 0) is 25.1 Å². The highest BCUT2D eigenvalue weighted by Crippen LogP contribution is 2.25. The van der Waals surface area contributed by atoms with Crippen LogP contribution in [0.25, 0.3) is 0 Å². The van der Waals surface area contributed by atoms with Gasteiger partial charge in [-0.3, -0.25) is 0 Å². The van der Waals surface area contributed by atoms with Gasteiger partial charge in [0.05, 0.1) is 6.61 Å². The maximum absolute atomic E-state index is 9.55. The van der Waals surface area contributed by atoms with Crippen molar-refractivity contribution in [3.05, 3.63) is 23.8 Å². The SMILES string of the molecule is CC(NCCO)c1cc(N)ccc1O. The van der Waals surface area contributed by atoms with Crippen molar-refractivity contribution >= 4 is 5.69 Å². The van der Waals surface area contributed by atoms with Crippen molar-refractivity contribution in [2.75, 3.05) is 18.9 Å². The number of phenols is 1. The summed E-state index contributed by atoms with van der Waals surface area (Å²) < 4.78 is 0. The maximum Gasteiger partial charge on any atom is 0.120 e. The fraction of sp³-hybridized carbons (Fsp3) is 0.400. The van der Waals surface area contributed by atoms with Crippen molar-refractivity contribution in [2.24, 2.45) is 0 Å². The molecule has 0 bridgehead atoms. The van der Waals surface area contributed by atoms with E-state index >= 15 is 0 Å². The van der Waals surface area contributed by atoms with Gasteiger partial charge >= 0.3 is 0 Å². The molecule has 14 heavy (non-hydrogen) atoms. The number of benzene rings is 1. The molecule has 0 amide bonds. The third-order valence-electron chi connectivity index (χ3n) is 2.08. The molecule has 0 saturated heterocycles. The van der Waals surface area contributed by atoms with E-state index in [1.807, 2.05) is 6.92 Å². The van der Waals surface area contributed by atoms with Gasteiger partial charge in [-0.1, -0.05) is 0 Å². The lowest BCUT2D eigenvalue weighted by atomic mass is 10.1. The predicted octanol–water partition coefficient (Wildman–Crippen LogP) is 0.617. The maximum atomic E-state index is 9.55. The first-order valence-electron chi connectivity index (χ1n) is 4.57. The molecule has 0 saturated carbocycles. The molecule has 1 atom stereocenters. The number of hydrogen-bond donors (Lipinski definition) is 4. The number of aliphatic hydroxyl groups excluding tert-OH is 1. The molecule has 1 unspecified atom stereocenters. The Morgan fingerprint density at radius 2 is 2.21 bits per heavy atom. The molecular weight excluding hydrogens is 180 g/mol. The lowest BCUT2D eigenvalue weighted by Crippen LogP contribution is -2.22. The van der Waals surface area contributed by atoms with Gasteiger partial charge in [0.1, 0.15) is 5.75 Å². The van der Waals surface area contributed by atoms with Gasteiger partial charge in [0, 0.05) is 23.8 Å². The second kappa shape index (κ2) is 4.83. The van der Waals surface area contributed by atoms with Crippen molar-refractivity contribution in [1.29, 1.82) is 0 Å². The number of rotatable bonds is 4. The molecule has 5 N–H and O–H groups in total. The standard InChI is InChI=1S/C10H16N2O2/c1-7(12-4-5-13)9-6-8(11)2-3-10(9)14/h2-3,6-7,12-14H,4-5,11H2,1H3. The van der Waals surface area contributed by atoms with E-state index in [9.17, 15) is 5.11 Å². The smallest absolute Gasteiger partial charge is 0.120 e. The average molecular weight is 196 g/mol. The number of nitrogen functional groups attached to an aromatic ring is 1. The van der Waals surface area contributed by atoms with Crippen LogP contribution in [0, 0.1) is 0 Å². The molecule has 4 nitrogen and oxygen atoms in total. The fourth-order valence-corrected chi connectivity index (χ4v) is 1.31. The monoisotopic (exact) mass is 196 g/mol. The van der Waals surface area contributed by atoms with Crippen molar-refractivity contribution in [3.8, 4) is 5.75 Å². The molecule has 4 heteroatoms. The molecule has 1 aromatic carbocycles. The third-order valence-corrected chi connectivity index (χ3v) is 2.08. The van der Waals surface area contributed by atoms with Crippen LogP contribution in [-0.2, 0) is 0 Å². The van der Waals surface area contributed by atoms with Gasteiger partial charge in [-0.2, -0.15) is 0 Å². The molecule has 0 spiro atoms. The zero-order valence-electron chi connectivity index (χ0n) is 8.20. The van der Waals surface area contributed by atoms with Crippen LogP contribution in [0.15, 0.2) is 18.2 Å². The number of aromatic hydroxyl groups is 1. The van der Waals surface area contributed by atoms with Crippen molar-refractivity contribution < 1.29 is 10.2 Å². The van der Waals surface area contributed by atoms with Crippen molar-refractivity contribution in [1.82, 2.24) is 5.32 Å². The lowest BCUT2D eigenvalue weighted by Gasteiger charge is -2.15. The van der Waals surface area contributed by atoms with Gasteiger partial charge in [-0.15, -0.1) is 0 Å². The summed E-state index contributed by atoms with van der Waals surface area (Å²) in [7, 11) is 0. The first-order valence-corrected chi connectivity index (χ1v) is 4.57. The fourth-order valence-electron chi connectivity index (χ4n) is 1.31. The number of aliphatic hydroxyl groups is 1. The molecule has 0 aliphatic carbocycles. The first-order chi connectivity index (χ1) is 6.65. The molecule has 78 valence electrons. The Kier molecular flexibility index (Phi) is 3.73. The molecule has 0 radical (unpaired) electrons. The molecule has 0 aliphatic rings. The summed E-state index contributed by atoms with van der Waals surface area (Å²) in [6.07, 6.45) is 0. The van der Waals surface area contributed by atoms with E-state index in [0.717, 1.165) is 5.56 Å². The van der Waals surface area contributed by atoms with E-state index in [-0.39, 0.29) is 18.4 Å². The Labute approximate surface area is 83.4 Å². The summed E-state index contributed by atoms with van der Waals surface area (Å²) in [5, 5.41) is 21.2. The van der Waals surface area contributed by atoms with Crippen LogP contribution in [0.3, 0.4) is 0 Å². The summed E-state index contributed by atoms with van der Waals surface area (Å²) in [5.41, 5.74) is 6.98. The van der Waals surface area contributed by atoms with E-state index in [1.54, 1.807) is 18.2 Å². The van der Waals surface area contributed by atoms with E-state index < -0.39 is 0 Å². The van der Waals surface area contributed by atoms with Crippen LogP contribution in [0.2, 0.25) is 0 Å². The van der Waals surface area contributed by atoms with Crippen molar-refractivity contribution in [3.63, 3.8) is 0 Å². The second-order valence-electron chi connectivity index (χ2n) is 3.22. The quantitative estimate of drug-likeness (QED) is 0.420. The van der Waals surface area contributed by atoms with Crippen LogP contribution in [0.5, 0.6) is 5.75 Å². The Morgan fingerprint density at radius 1 is 1.50 bits per heavy atom. The zero-order valence-corrected chi connectivity index (χ0v) is 8.20. The normalized spacial score (nSPS) is 12.7. The van der Waals surface area contributed by atoms with Crippen LogP contribution >= 0.6 is 0 Å². The van der Waals surface area contributed by atoms with Crippen molar-refractivity contribution in [2.45, 2.75) is 13.0 Å². The number of nitrogens with one attached hydrogen (secondary N) is 1. The summed E-state index contributed by atoms with van der Waals surface area (Å²) >= 11 is 0. The van der Waals surface area contributed by atoms with Crippen LogP contribution < -0.4 is 11.1 Å². The molecular formula is C10H16N2O2. The lowest BCUT2D eigenvalue weighted by molar-refractivity contribution is 0.285. The highest BCUT2D eigenvalue weighted by atomic mass is 16.3. The minimum Gasteiger partial charge on any atom is -0.508 e. The number of phenolic OH excluding ortho intramolecular Hbond substituents is 1. The Hall–Kier alpha value is -1.26. The summed E-state index contributed by atoms with van der Waals surface area (Å²) in [6.45, 7) is 2.48. The topological polar surface area (TPSA) is 78.5 Å². The Balaban J connectivity index is 2.77. The van der Waals surface area contributed by atoms with Gasteiger partial charge in [0.25, 0.3) is 0 Å². The van der Waals surface area contributed by atoms with Gasteiger partial charge in [-0.25, -0.2) is 0 Å². The number of nitrogens with two attached hydrogens (primary N) is 1. The molecule has 0 aliphatic heterocycles. The predicted molar refractivity (Wildman–Crippen MR) is 56.0 cm³/mol. The van der Waals surface area contributed by atoms with E-state index in [2.05, 4.69) is 5.32 Å². The Morgan fingerprint density at radius 3 is 2.86 bits per heavy atom. The number of anilines is 1. The molecule has 1 rings (SSSR count). The average Bonchev–Trinajstić information content (AvgIpc) is 2.18. The summed E-state index contributed by atoms with van der Waals surface area (Å²) in [6, 6.07) is 4.93. The summed E-state index contributed by atoms with van der Waals surface area (Å²) in [5.74, 6) is 0.220. The van der Waals surface area contributed by atoms with Crippen LogP contribution in [0.4, 0.5) is 5.69 Å². The molecule has 0 aromatic heterocycles. The van der Waals surface area contributed by atoms with Gasteiger partial charge < -0.3 is 21.3 Å². The van der Waals surface area contributed by atoms with Crippen LogP contribution in [0.1, 0.15) is 18.5 Å². The third kappa shape index (κ3) is 2.61. The first kappa shape index (κ1) is 10.8. The Bertz CT molecular complexity index is 302. The van der Waals surface area contributed by atoms with Gasteiger partial charge in [0.2, 0.25) is 0 Å². The van der Waals surface area contributed by atoms with Crippen LogP contribution in [-0.4, -0.2) is 23.4 Å². The van der Waals surface area contributed by atoms with E-state index in [0.29, 0.717) is 12.2 Å². The second-order valence-corrected chi connectivity index (χ2v) is 3.22. The minimum absolute atomic E-state index is 0.0225. The molecule has 1 aromatic rings.